The van der Waals surface area contributed by atoms with Crippen molar-refractivity contribution in [3.8, 4) is 0 Å². The molecule has 4 nitrogen and oxygen atoms in total. The Bertz CT molecular complexity index is 1390. The van der Waals surface area contributed by atoms with E-state index in [-0.39, 0.29) is 12.5 Å². The van der Waals surface area contributed by atoms with Crippen LogP contribution in [-0.4, -0.2) is 34.9 Å². The molecule has 79 heavy (non-hydrogen) atoms. The summed E-state index contributed by atoms with van der Waals surface area (Å²) < 4.78 is 0. The van der Waals surface area contributed by atoms with Crippen LogP contribution in [-0.2, 0) is 4.79 Å². The van der Waals surface area contributed by atoms with E-state index in [9.17, 15) is 15.0 Å². The van der Waals surface area contributed by atoms with Crippen molar-refractivity contribution in [2.75, 3.05) is 6.61 Å². The third kappa shape index (κ3) is 66.3. The highest BCUT2D eigenvalue weighted by Gasteiger charge is 2.18. The highest BCUT2D eigenvalue weighted by Crippen LogP contribution is 2.18. The van der Waals surface area contributed by atoms with E-state index in [2.05, 4.69) is 92.1 Å². The van der Waals surface area contributed by atoms with Gasteiger partial charge in [0.15, 0.2) is 0 Å². The molecular weight excluding hydrogens is 963 g/mol. The van der Waals surface area contributed by atoms with Crippen molar-refractivity contribution in [3.05, 3.63) is 85.1 Å². The molecule has 0 radical (unpaired) electrons. The fourth-order valence-corrected chi connectivity index (χ4v) is 10.8. The van der Waals surface area contributed by atoms with Crippen LogP contribution in [0, 0.1) is 0 Å². The minimum atomic E-state index is -0.873. The van der Waals surface area contributed by atoms with E-state index in [0.717, 1.165) is 64.2 Å². The van der Waals surface area contributed by atoms with E-state index in [0.29, 0.717) is 6.42 Å². The molecule has 0 spiro atoms. The Morgan fingerprint density at radius 3 is 0.886 bits per heavy atom. The van der Waals surface area contributed by atoms with Crippen LogP contribution >= 0.6 is 0 Å². The number of hydrogen-bond donors (Lipinski definition) is 3. The molecule has 2 unspecified atom stereocenters. The first-order valence-electron chi connectivity index (χ1n) is 35.3. The number of allylic oxidation sites excluding steroid dienone is 13. The standard InChI is InChI=1S/C75H137NO3/c1-3-5-7-9-11-13-15-17-19-21-23-25-27-29-31-33-34-35-36-37-38-39-40-41-42-43-45-47-49-51-53-55-57-59-61-63-65-67-69-71-75(79)76-73(72-77)74(78)70-68-66-64-62-60-58-56-54-52-50-48-46-44-32-30-28-26-24-22-20-18-16-14-12-10-8-6-4-2/h5,7,11,13,17,19,23,25,52,54,60,62,68,70,73-74,77-78H,3-4,6,8-10,12,14-16,18,20-22,24,26-51,53,55-59,61,63-67,69,71-72H2,1-2H3,(H,76,79)/b7-5-,13-11-,19-17-,25-23-,54-52+,62-60+,70-68+. The molecule has 0 heterocycles. The number of amides is 1. The summed E-state index contributed by atoms with van der Waals surface area (Å²) in [5.74, 6) is -0.0724. The van der Waals surface area contributed by atoms with Gasteiger partial charge in [-0.15, -0.1) is 0 Å². The van der Waals surface area contributed by atoms with E-state index < -0.39 is 12.1 Å². The van der Waals surface area contributed by atoms with Crippen LogP contribution in [0.1, 0.15) is 367 Å². The Kier molecular flexibility index (Phi) is 67.7. The molecule has 0 bridgehead atoms. The summed E-state index contributed by atoms with van der Waals surface area (Å²) in [6.07, 6.45) is 103. The van der Waals surface area contributed by atoms with Crippen molar-refractivity contribution in [2.45, 2.75) is 379 Å². The molecule has 0 aliphatic carbocycles. The van der Waals surface area contributed by atoms with Crippen molar-refractivity contribution in [1.29, 1.82) is 0 Å². The molecule has 0 aromatic carbocycles. The van der Waals surface area contributed by atoms with Gasteiger partial charge in [-0.3, -0.25) is 4.79 Å². The quantitative estimate of drug-likeness (QED) is 0.0420. The lowest BCUT2D eigenvalue weighted by Crippen LogP contribution is -2.45. The summed E-state index contributed by atoms with van der Waals surface area (Å²) >= 11 is 0. The second-order valence-electron chi connectivity index (χ2n) is 23.9. The van der Waals surface area contributed by atoms with Gasteiger partial charge < -0.3 is 15.5 Å². The largest absolute Gasteiger partial charge is 0.394 e. The van der Waals surface area contributed by atoms with Crippen LogP contribution in [0.25, 0.3) is 0 Å². The van der Waals surface area contributed by atoms with Crippen LogP contribution in [0.2, 0.25) is 0 Å². The third-order valence-corrected chi connectivity index (χ3v) is 16.1. The van der Waals surface area contributed by atoms with Crippen LogP contribution < -0.4 is 5.32 Å². The van der Waals surface area contributed by atoms with Crippen LogP contribution in [0.3, 0.4) is 0 Å². The number of hydrogen-bond acceptors (Lipinski definition) is 3. The monoisotopic (exact) mass is 1100 g/mol. The van der Waals surface area contributed by atoms with Gasteiger partial charge in [-0.25, -0.2) is 0 Å². The lowest BCUT2D eigenvalue weighted by atomic mass is 10.0. The number of carbonyl (C=O) groups excluding carboxylic acids is 1. The third-order valence-electron chi connectivity index (χ3n) is 16.1. The number of unbranched alkanes of at least 4 members (excludes halogenated alkanes) is 46. The number of rotatable bonds is 65. The Morgan fingerprint density at radius 1 is 0.316 bits per heavy atom. The summed E-state index contributed by atoms with van der Waals surface area (Å²) in [5.41, 5.74) is 0. The van der Waals surface area contributed by atoms with Crippen molar-refractivity contribution >= 4 is 5.91 Å². The van der Waals surface area contributed by atoms with Gasteiger partial charge in [0.1, 0.15) is 0 Å². The van der Waals surface area contributed by atoms with E-state index in [4.69, 9.17) is 0 Å². The van der Waals surface area contributed by atoms with Gasteiger partial charge in [0.25, 0.3) is 0 Å². The number of aliphatic hydroxyl groups excluding tert-OH is 2. The van der Waals surface area contributed by atoms with Crippen molar-refractivity contribution in [3.63, 3.8) is 0 Å². The molecule has 4 heteroatoms. The van der Waals surface area contributed by atoms with Gasteiger partial charge in [-0.2, -0.15) is 0 Å². The predicted octanol–water partition coefficient (Wildman–Crippen LogP) is 24.2. The minimum absolute atomic E-state index is 0.0724. The number of nitrogens with one attached hydrogen (secondary N) is 1. The van der Waals surface area contributed by atoms with Crippen LogP contribution in [0.4, 0.5) is 0 Å². The Labute approximate surface area is 494 Å². The molecule has 0 saturated heterocycles. The molecule has 2 atom stereocenters. The Balaban J connectivity index is 3.46. The molecule has 0 fully saturated rings. The maximum atomic E-state index is 12.5. The Hall–Kier alpha value is -2.43. The zero-order valence-electron chi connectivity index (χ0n) is 53.1. The molecule has 460 valence electrons. The molecule has 0 aliphatic rings. The van der Waals surface area contributed by atoms with E-state index in [1.165, 1.54) is 283 Å². The zero-order valence-corrected chi connectivity index (χ0v) is 53.1. The normalized spacial score (nSPS) is 13.2. The molecule has 1 amide bonds. The zero-order chi connectivity index (χ0) is 56.9. The molecule has 0 saturated carbocycles. The molecule has 0 rings (SSSR count). The van der Waals surface area contributed by atoms with E-state index >= 15 is 0 Å². The summed E-state index contributed by atoms with van der Waals surface area (Å²) in [7, 11) is 0. The Morgan fingerprint density at radius 2 is 0.570 bits per heavy atom. The molecule has 0 aromatic rings. The first-order valence-corrected chi connectivity index (χ1v) is 35.3. The molecular formula is C75H137NO3. The number of carbonyl (C=O) groups is 1. The summed E-state index contributed by atoms with van der Waals surface area (Å²) in [6, 6.07) is -0.649. The highest BCUT2D eigenvalue weighted by atomic mass is 16.3. The van der Waals surface area contributed by atoms with Crippen LogP contribution in [0.15, 0.2) is 85.1 Å². The summed E-state index contributed by atoms with van der Waals surface area (Å²) in [5, 5.41) is 23.3. The van der Waals surface area contributed by atoms with E-state index in [1.807, 2.05) is 6.08 Å². The van der Waals surface area contributed by atoms with Gasteiger partial charge in [0, 0.05) is 6.42 Å². The van der Waals surface area contributed by atoms with Crippen molar-refractivity contribution < 1.29 is 15.0 Å². The second kappa shape index (κ2) is 69.8. The molecule has 0 aromatic heterocycles. The molecule has 3 N–H and O–H groups in total. The maximum Gasteiger partial charge on any atom is 0.220 e. The average molecular weight is 1100 g/mol. The van der Waals surface area contributed by atoms with Gasteiger partial charge in [-0.05, 0) is 83.5 Å². The van der Waals surface area contributed by atoms with Gasteiger partial charge in [0.2, 0.25) is 5.91 Å². The predicted molar refractivity (Wildman–Crippen MR) is 354 cm³/mol. The SMILES string of the molecule is CC/C=C\C/C=C\C/C=C\C/C=C\CCCCCCCCCCCCCCCCCCCCCCCCCCCCC(=O)NC(CO)C(O)/C=C/CC/C=C/CC/C=C/CCCCCCCCCCCCCCCCCCCC. The fraction of sp³-hybridized carbons (Fsp3) is 0.800. The fourth-order valence-electron chi connectivity index (χ4n) is 10.8. The van der Waals surface area contributed by atoms with E-state index in [1.54, 1.807) is 6.08 Å². The summed E-state index contributed by atoms with van der Waals surface area (Å²) in [4.78, 5) is 12.5. The van der Waals surface area contributed by atoms with Gasteiger partial charge in [0.05, 0.1) is 18.8 Å². The van der Waals surface area contributed by atoms with Crippen molar-refractivity contribution in [2.24, 2.45) is 0 Å². The smallest absolute Gasteiger partial charge is 0.220 e. The first-order chi connectivity index (χ1) is 39.2. The first kappa shape index (κ1) is 76.6. The lowest BCUT2D eigenvalue weighted by molar-refractivity contribution is -0.123. The highest BCUT2D eigenvalue weighted by molar-refractivity contribution is 5.76. The topological polar surface area (TPSA) is 69.6 Å². The average Bonchev–Trinajstić information content (AvgIpc) is 3.45. The lowest BCUT2D eigenvalue weighted by Gasteiger charge is -2.19. The van der Waals surface area contributed by atoms with Gasteiger partial charge in [-0.1, -0.05) is 362 Å². The molecule has 0 aliphatic heterocycles. The summed E-state index contributed by atoms with van der Waals surface area (Å²) in [6.45, 7) is 4.21. The minimum Gasteiger partial charge on any atom is -0.394 e. The van der Waals surface area contributed by atoms with Gasteiger partial charge >= 0.3 is 0 Å². The van der Waals surface area contributed by atoms with Crippen molar-refractivity contribution in [1.82, 2.24) is 5.32 Å². The van der Waals surface area contributed by atoms with Crippen LogP contribution in [0.5, 0.6) is 0 Å². The maximum absolute atomic E-state index is 12.5. The number of aliphatic hydroxyl groups is 2. The second-order valence-corrected chi connectivity index (χ2v) is 23.9.